The largest absolute Gasteiger partial charge is 0.281 e. The van der Waals surface area contributed by atoms with E-state index in [1.54, 1.807) is 0 Å². The van der Waals surface area contributed by atoms with Crippen LogP contribution in [0.5, 0.6) is 0 Å². The molecular weight excluding hydrogens is 415 g/mol. The predicted octanol–water partition coefficient (Wildman–Crippen LogP) is 7.02. The number of halogens is 2. The van der Waals surface area contributed by atoms with E-state index in [1.807, 2.05) is 38.1 Å². The lowest BCUT2D eigenvalue weighted by Crippen LogP contribution is -2.30. The van der Waals surface area contributed by atoms with Crippen molar-refractivity contribution in [3.05, 3.63) is 70.8 Å². The zero-order valence-electron chi connectivity index (χ0n) is 18.2. The summed E-state index contributed by atoms with van der Waals surface area (Å²) in [6.45, 7) is 8.30. The molecule has 0 saturated carbocycles. The molecule has 4 heteroatoms. The Labute approximate surface area is 190 Å². The maximum Gasteiger partial charge on any atom is 0.228 e. The molecule has 4 atom stereocenters. The van der Waals surface area contributed by atoms with Crippen LogP contribution in [0.4, 0.5) is 0 Å². The smallest absolute Gasteiger partial charge is 0.228 e. The normalized spacial score (nSPS) is 28.9. The molecule has 30 heavy (non-hydrogen) atoms. The highest BCUT2D eigenvalue weighted by Gasteiger charge is 2.47. The van der Waals surface area contributed by atoms with Gasteiger partial charge in [-0.1, -0.05) is 76.2 Å². The van der Waals surface area contributed by atoms with Crippen LogP contribution in [0.15, 0.2) is 48.5 Å². The summed E-state index contributed by atoms with van der Waals surface area (Å²) in [5, 5.41) is -0.373. The van der Waals surface area contributed by atoms with E-state index >= 15 is 0 Å². The van der Waals surface area contributed by atoms with E-state index in [9.17, 15) is 9.59 Å². The monoisotopic (exact) mass is 444 g/mol. The molecule has 0 heterocycles. The van der Waals surface area contributed by atoms with Crippen LogP contribution in [-0.4, -0.2) is 10.5 Å². The molecule has 0 bridgehead atoms. The molecule has 2 aromatic carbocycles. The van der Waals surface area contributed by atoms with Gasteiger partial charge in [-0.15, -0.1) is 0 Å². The molecule has 0 saturated heterocycles. The third kappa shape index (κ3) is 3.63. The molecule has 4 rings (SSSR count). The Morgan fingerprint density at radius 1 is 0.767 bits per heavy atom. The number of hydrogen-bond donors (Lipinski definition) is 0. The van der Waals surface area contributed by atoms with Crippen LogP contribution >= 0.6 is 23.2 Å². The summed E-state index contributed by atoms with van der Waals surface area (Å²) in [6.07, 6.45) is 3.21. The average Bonchev–Trinajstić information content (AvgIpc) is 3.22. The van der Waals surface area contributed by atoms with Crippen molar-refractivity contribution in [2.45, 2.75) is 65.2 Å². The van der Waals surface area contributed by atoms with Crippen molar-refractivity contribution in [2.24, 2.45) is 10.8 Å². The first kappa shape index (κ1) is 23.0. The first-order valence-electron chi connectivity index (χ1n) is 10.8. The van der Waals surface area contributed by atoms with Crippen molar-refractivity contribution < 1.29 is 9.59 Å². The minimum Gasteiger partial charge on any atom is -0.281 e. The van der Waals surface area contributed by atoms with Gasteiger partial charge in [0.15, 0.2) is 0 Å². The van der Waals surface area contributed by atoms with Crippen LogP contribution in [0, 0.1) is 10.8 Å². The standard InChI is InChI=1S/2C13H15ClO/c2*1-3-13(12(14)15)8-10-6-4-5-7-11(10)9(13)2/h2*4-7,9H,3,8H2,1-2H3. The van der Waals surface area contributed by atoms with E-state index < -0.39 is 0 Å². The van der Waals surface area contributed by atoms with E-state index in [0.717, 1.165) is 25.7 Å². The molecule has 0 aliphatic heterocycles. The Kier molecular flexibility index (Phi) is 6.79. The van der Waals surface area contributed by atoms with E-state index in [4.69, 9.17) is 23.2 Å². The molecule has 0 amide bonds. The number of fused-ring (bicyclic) bond motifs is 2. The van der Waals surface area contributed by atoms with E-state index in [-0.39, 0.29) is 33.2 Å². The maximum atomic E-state index is 11.6. The minimum atomic E-state index is -0.370. The third-order valence-electron chi connectivity index (χ3n) is 7.76. The number of carbonyl (C=O) groups excluding carboxylic acids is 2. The van der Waals surface area contributed by atoms with E-state index in [2.05, 4.69) is 38.1 Å². The maximum absolute atomic E-state index is 11.6. The summed E-state index contributed by atoms with van der Waals surface area (Å²) in [7, 11) is 0. The quantitative estimate of drug-likeness (QED) is 0.474. The fraction of sp³-hybridized carbons (Fsp3) is 0.462. The van der Waals surface area contributed by atoms with Crippen molar-refractivity contribution in [2.75, 3.05) is 0 Å². The van der Waals surface area contributed by atoms with Gasteiger partial charge in [0, 0.05) is 0 Å². The molecule has 0 fully saturated rings. The molecule has 160 valence electrons. The lowest BCUT2D eigenvalue weighted by molar-refractivity contribution is -0.122. The van der Waals surface area contributed by atoms with Crippen LogP contribution in [0.25, 0.3) is 0 Å². The number of carbonyl (C=O) groups is 2. The summed E-state index contributed by atoms with van der Waals surface area (Å²) >= 11 is 11.6. The summed E-state index contributed by atoms with van der Waals surface area (Å²) in [5.41, 5.74) is 4.39. The zero-order valence-corrected chi connectivity index (χ0v) is 19.7. The number of hydrogen-bond acceptors (Lipinski definition) is 2. The van der Waals surface area contributed by atoms with Crippen molar-refractivity contribution >= 4 is 33.7 Å². The van der Waals surface area contributed by atoms with Gasteiger partial charge in [-0.25, -0.2) is 0 Å². The molecule has 0 spiro atoms. The fourth-order valence-corrected chi connectivity index (χ4v) is 6.16. The summed E-state index contributed by atoms with van der Waals surface area (Å²) < 4.78 is 0. The second kappa shape index (κ2) is 8.85. The van der Waals surface area contributed by atoms with Crippen LogP contribution in [-0.2, 0) is 22.4 Å². The van der Waals surface area contributed by atoms with Gasteiger partial charge in [0.05, 0.1) is 10.8 Å². The minimum absolute atomic E-state index is 0.186. The van der Waals surface area contributed by atoms with Gasteiger partial charge in [0.1, 0.15) is 0 Å². The van der Waals surface area contributed by atoms with Crippen LogP contribution in [0.1, 0.15) is 74.6 Å². The molecule has 0 radical (unpaired) electrons. The molecule has 2 nitrogen and oxygen atoms in total. The Balaban J connectivity index is 0.000000171. The molecule has 0 aromatic heterocycles. The van der Waals surface area contributed by atoms with Gasteiger partial charge >= 0.3 is 0 Å². The second-order valence-corrected chi connectivity index (χ2v) is 9.45. The Bertz CT molecular complexity index is 876. The summed E-state index contributed by atoms with van der Waals surface area (Å²) in [5.74, 6) is 0.479. The van der Waals surface area contributed by atoms with Crippen molar-refractivity contribution in [1.29, 1.82) is 0 Å². The molecule has 2 aliphatic carbocycles. The fourth-order valence-electron chi connectivity index (χ4n) is 5.44. The number of rotatable bonds is 4. The van der Waals surface area contributed by atoms with Crippen LogP contribution in [0.3, 0.4) is 0 Å². The molecular formula is C26H30Cl2O2. The van der Waals surface area contributed by atoms with Gasteiger partial charge in [-0.05, 0) is 83.0 Å². The zero-order chi connectivity index (χ0) is 22.1. The lowest BCUT2D eigenvalue weighted by Gasteiger charge is -2.28. The number of benzene rings is 2. The highest BCUT2D eigenvalue weighted by atomic mass is 35.5. The van der Waals surface area contributed by atoms with Crippen molar-refractivity contribution in [3.8, 4) is 0 Å². The van der Waals surface area contributed by atoms with E-state index in [1.165, 1.54) is 22.3 Å². The van der Waals surface area contributed by atoms with Gasteiger partial charge in [0.25, 0.3) is 0 Å². The first-order chi connectivity index (χ1) is 14.2. The van der Waals surface area contributed by atoms with Gasteiger partial charge in [0.2, 0.25) is 10.5 Å². The predicted molar refractivity (Wildman–Crippen MR) is 124 cm³/mol. The Morgan fingerprint density at radius 2 is 1.10 bits per heavy atom. The van der Waals surface area contributed by atoms with Gasteiger partial charge in [-0.3, -0.25) is 9.59 Å². The molecule has 4 unspecified atom stereocenters. The molecule has 2 aliphatic rings. The van der Waals surface area contributed by atoms with Crippen molar-refractivity contribution in [3.63, 3.8) is 0 Å². The Hall–Kier alpha value is -1.64. The van der Waals surface area contributed by atoms with Crippen LogP contribution in [0.2, 0.25) is 0 Å². The highest BCUT2D eigenvalue weighted by molar-refractivity contribution is 6.65. The topological polar surface area (TPSA) is 34.1 Å². The molecule has 2 aromatic rings. The van der Waals surface area contributed by atoms with Crippen LogP contribution < -0.4 is 0 Å². The summed E-state index contributed by atoms with van der Waals surface area (Å²) in [6, 6.07) is 16.5. The SMILES string of the molecule is CCC1(C(=O)Cl)Cc2ccccc2C1C.CCC1(C(=O)Cl)Cc2ccccc2C1C. The third-order valence-corrected chi connectivity index (χ3v) is 8.51. The van der Waals surface area contributed by atoms with Crippen molar-refractivity contribution in [1.82, 2.24) is 0 Å². The average molecular weight is 445 g/mol. The van der Waals surface area contributed by atoms with E-state index in [0.29, 0.717) is 0 Å². The van der Waals surface area contributed by atoms with Gasteiger partial charge < -0.3 is 0 Å². The first-order valence-corrected chi connectivity index (χ1v) is 11.5. The lowest BCUT2D eigenvalue weighted by atomic mass is 9.76. The second-order valence-electron chi connectivity index (χ2n) is 8.76. The van der Waals surface area contributed by atoms with Gasteiger partial charge in [-0.2, -0.15) is 0 Å². The highest BCUT2D eigenvalue weighted by Crippen LogP contribution is 2.51. The Morgan fingerprint density at radius 3 is 1.37 bits per heavy atom. The molecule has 0 N–H and O–H groups in total. The summed E-state index contributed by atoms with van der Waals surface area (Å²) in [4.78, 5) is 23.3.